The van der Waals surface area contributed by atoms with E-state index in [1.54, 1.807) is 21.0 Å². The van der Waals surface area contributed by atoms with Gasteiger partial charge in [0.25, 0.3) is 5.91 Å². The number of anilines is 2. The van der Waals surface area contributed by atoms with Crippen molar-refractivity contribution in [3.63, 3.8) is 0 Å². The first-order chi connectivity index (χ1) is 13.9. The number of carbonyl (C=O) groups is 2. The number of nitrogens with zero attached hydrogens (tertiary/aromatic N) is 1. The summed E-state index contributed by atoms with van der Waals surface area (Å²) in [6, 6.07) is 2.76. The molecule has 0 radical (unpaired) electrons. The Hall–Kier alpha value is -2.37. The van der Waals surface area contributed by atoms with Crippen molar-refractivity contribution in [2.75, 3.05) is 31.8 Å². The zero-order valence-electron chi connectivity index (χ0n) is 16.2. The maximum absolute atomic E-state index is 12.9. The summed E-state index contributed by atoms with van der Waals surface area (Å²) >= 11 is 12.1. The van der Waals surface area contributed by atoms with Crippen LogP contribution in [-0.2, 0) is 10.9 Å². The second-order valence-electron chi connectivity index (χ2n) is 6.22. The van der Waals surface area contributed by atoms with E-state index in [1.165, 1.54) is 12.0 Å². The minimum Gasteiger partial charge on any atom is -0.465 e. The van der Waals surface area contributed by atoms with Gasteiger partial charge in [0.15, 0.2) is 5.11 Å². The average molecular weight is 480 g/mol. The monoisotopic (exact) mass is 479 g/mol. The van der Waals surface area contributed by atoms with Crippen LogP contribution >= 0.6 is 35.2 Å². The summed E-state index contributed by atoms with van der Waals surface area (Å²) in [4.78, 5) is 26.2. The molecule has 0 spiro atoms. The van der Waals surface area contributed by atoms with E-state index in [4.69, 9.17) is 28.6 Å². The lowest BCUT2D eigenvalue weighted by molar-refractivity contribution is -0.137. The molecule has 30 heavy (non-hydrogen) atoms. The van der Waals surface area contributed by atoms with Gasteiger partial charge in [-0.05, 0) is 42.9 Å². The highest BCUT2D eigenvalue weighted by Crippen LogP contribution is 2.36. The summed E-state index contributed by atoms with van der Waals surface area (Å²) in [7, 11) is 4.32. The molecule has 0 aliphatic rings. The SMILES string of the molecule is COC(=O)c1c(NC(=S)Nc2cc(C(F)(F)F)ccc2Cl)sc(C(=O)N(C)C)c1C. The quantitative estimate of drug-likeness (QED) is 0.473. The zero-order chi connectivity index (χ0) is 22.8. The molecule has 0 saturated heterocycles. The smallest absolute Gasteiger partial charge is 0.416 e. The van der Waals surface area contributed by atoms with Crippen LogP contribution in [0.2, 0.25) is 5.02 Å². The van der Waals surface area contributed by atoms with Crippen LogP contribution in [0.3, 0.4) is 0 Å². The molecule has 1 heterocycles. The predicted octanol–water partition coefficient (Wildman–Crippen LogP) is 5.03. The molecular weight excluding hydrogens is 463 g/mol. The van der Waals surface area contributed by atoms with Crippen molar-refractivity contribution in [2.24, 2.45) is 0 Å². The number of hydrogen-bond acceptors (Lipinski definition) is 5. The van der Waals surface area contributed by atoms with E-state index in [0.717, 1.165) is 29.5 Å². The number of esters is 1. The van der Waals surface area contributed by atoms with Crippen molar-refractivity contribution < 1.29 is 27.5 Å². The van der Waals surface area contributed by atoms with Gasteiger partial charge in [-0.1, -0.05) is 11.6 Å². The molecule has 6 nitrogen and oxygen atoms in total. The summed E-state index contributed by atoms with van der Waals surface area (Å²) < 4.78 is 43.6. The van der Waals surface area contributed by atoms with Crippen LogP contribution in [0, 0.1) is 6.92 Å². The van der Waals surface area contributed by atoms with Crippen molar-refractivity contribution in [3.05, 3.63) is 44.8 Å². The maximum Gasteiger partial charge on any atom is 0.416 e. The highest BCUT2D eigenvalue weighted by atomic mass is 35.5. The van der Waals surface area contributed by atoms with E-state index < -0.39 is 17.7 Å². The molecule has 0 saturated carbocycles. The molecule has 0 bridgehead atoms. The third kappa shape index (κ3) is 5.21. The van der Waals surface area contributed by atoms with Crippen LogP contribution in [0.25, 0.3) is 0 Å². The van der Waals surface area contributed by atoms with Gasteiger partial charge in [0.2, 0.25) is 0 Å². The van der Waals surface area contributed by atoms with Gasteiger partial charge in [0.05, 0.1) is 33.8 Å². The first kappa shape index (κ1) is 23.9. The van der Waals surface area contributed by atoms with Gasteiger partial charge in [-0.25, -0.2) is 4.79 Å². The van der Waals surface area contributed by atoms with Crippen molar-refractivity contribution in [1.29, 1.82) is 0 Å². The molecule has 0 unspecified atom stereocenters. The Morgan fingerprint density at radius 3 is 2.40 bits per heavy atom. The standard InChI is InChI=1S/C18H17ClF3N3O3S2/c1-8-12(16(27)28-4)14(30-13(8)15(26)25(2)3)24-17(29)23-11-7-9(18(20,21)22)5-6-10(11)19/h5-7H,1-4H3,(H2,23,24,29). The van der Waals surface area contributed by atoms with E-state index in [1.807, 2.05) is 0 Å². The van der Waals surface area contributed by atoms with Gasteiger partial charge in [-0.15, -0.1) is 11.3 Å². The zero-order valence-corrected chi connectivity index (χ0v) is 18.6. The molecule has 1 aromatic heterocycles. The summed E-state index contributed by atoms with van der Waals surface area (Å²) in [5.74, 6) is -1.01. The number of rotatable bonds is 4. The number of alkyl halides is 3. The number of methoxy groups -OCH3 is 1. The van der Waals surface area contributed by atoms with Crippen LogP contribution in [0.5, 0.6) is 0 Å². The van der Waals surface area contributed by atoms with Crippen LogP contribution in [-0.4, -0.2) is 43.1 Å². The van der Waals surface area contributed by atoms with Crippen molar-refractivity contribution in [3.8, 4) is 0 Å². The van der Waals surface area contributed by atoms with Crippen LogP contribution < -0.4 is 10.6 Å². The number of benzene rings is 1. The van der Waals surface area contributed by atoms with Gasteiger partial charge in [0.1, 0.15) is 5.00 Å². The van der Waals surface area contributed by atoms with Gasteiger partial charge >= 0.3 is 12.1 Å². The first-order valence-electron chi connectivity index (χ1n) is 8.24. The number of hydrogen-bond donors (Lipinski definition) is 2. The molecule has 0 fully saturated rings. The molecule has 0 atom stereocenters. The molecule has 1 amide bonds. The maximum atomic E-state index is 12.9. The number of ether oxygens (including phenoxy) is 1. The van der Waals surface area contributed by atoms with E-state index in [9.17, 15) is 22.8 Å². The highest BCUT2D eigenvalue weighted by molar-refractivity contribution is 7.80. The Morgan fingerprint density at radius 1 is 1.23 bits per heavy atom. The Labute approximate surface area is 185 Å². The molecule has 1 aromatic carbocycles. The number of thiophene rings is 1. The van der Waals surface area contributed by atoms with Gasteiger partial charge in [0, 0.05) is 14.1 Å². The first-order valence-corrected chi connectivity index (χ1v) is 9.85. The third-order valence-electron chi connectivity index (χ3n) is 3.91. The molecule has 12 heteroatoms. The molecule has 162 valence electrons. The molecule has 2 aromatic rings. The number of carbonyl (C=O) groups excluding carboxylic acids is 2. The minimum absolute atomic E-state index is 0.0196. The van der Waals surface area contributed by atoms with Crippen LogP contribution in [0.1, 0.15) is 31.2 Å². The lowest BCUT2D eigenvalue weighted by atomic mass is 10.1. The Kier molecular flexibility index (Phi) is 7.32. The van der Waals surface area contributed by atoms with Gasteiger partial charge < -0.3 is 20.3 Å². The second kappa shape index (κ2) is 9.19. The van der Waals surface area contributed by atoms with Crippen molar-refractivity contribution in [1.82, 2.24) is 4.90 Å². The number of amides is 1. The lowest BCUT2D eigenvalue weighted by Crippen LogP contribution is -2.21. The fourth-order valence-corrected chi connectivity index (χ4v) is 4.07. The largest absolute Gasteiger partial charge is 0.465 e. The molecule has 2 N–H and O–H groups in total. The van der Waals surface area contributed by atoms with E-state index in [-0.39, 0.29) is 32.3 Å². The number of halogens is 4. The fraction of sp³-hybridized carbons (Fsp3) is 0.278. The minimum atomic E-state index is -4.56. The number of nitrogens with one attached hydrogen (secondary N) is 2. The average Bonchev–Trinajstić information content (AvgIpc) is 2.96. The summed E-state index contributed by atoms with van der Waals surface area (Å²) in [6.45, 7) is 1.59. The predicted molar refractivity (Wildman–Crippen MR) is 115 cm³/mol. The molecule has 0 aliphatic heterocycles. The van der Waals surface area contributed by atoms with E-state index >= 15 is 0 Å². The topological polar surface area (TPSA) is 70.7 Å². The highest BCUT2D eigenvalue weighted by Gasteiger charge is 2.31. The second-order valence-corrected chi connectivity index (χ2v) is 8.06. The van der Waals surface area contributed by atoms with Gasteiger partial charge in [-0.2, -0.15) is 13.2 Å². The molecular formula is C18H17ClF3N3O3S2. The van der Waals surface area contributed by atoms with E-state index in [0.29, 0.717) is 10.4 Å². The van der Waals surface area contributed by atoms with Crippen molar-refractivity contribution in [2.45, 2.75) is 13.1 Å². The summed E-state index contributed by atoms with van der Waals surface area (Å²) in [5.41, 5.74) is -0.472. The summed E-state index contributed by atoms with van der Waals surface area (Å²) in [5, 5.41) is 5.44. The molecule has 0 aliphatic carbocycles. The Bertz CT molecular complexity index is 1010. The molecule has 2 rings (SSSR count). The van der Waals surface area contributed by atoms with Crippen molar-refractivity contribution >= 4 is 62.8 Å². The lowest BCUT2D eigenvalue weighted by Gasteiger charge is -2.14. The normalized spacial score (nSPS) is 11.1. The summed E-state index contributed by atoms with van der Waals surface area (Å²) in [6.07, 6.45) is -4.56. The Morgan fingerprint density at radius 2 is 1.87 bits per heavy atom. The fourth-order valence-electron chi connectivity index (χ4n) is 2.41. The van der Waals surface area contributed by atoms with Crippen LogP contribution in [0.15, 0.2) is 18.2 Å². The van der Waals surface area contributed by atoms with E-state index in [2.05, 4.69) is 10.6 Å². The number of thiocarbonyl (C=S) groups is 1. The van der Waals surface area contributed by atoms with Crippen LogP contribution in [0.4, 0.5) is 23.9 Å². The third-order valence-corrected chi connectivity index (χ3v) is 5.63. The Balaban J connectivity index is 2.36. The van der Waals surface area contributed by atoms with Gasteiger partial charge in [-0.3, -0.25) is 4.79 Å².